The molecule has 1 heterocycles. The Balaban J connectivity index is 2.00. The van der Waals surface area contributed by atoms with Gasteiger partial charge in [0.1, 0.15) is 0 Å². The van der Waals surface area contributed by atoms with Crippen LogP contribution in [0.15, 0.2) is 66.7 Å². The van der Waals surface area contributed by atoms with E-state index in [2.05, 4.69) is 24.3 Å². The van der Waals surface area contributed by atoms with Crippen LogP contribution in [0.1, 0.15) is 13.8 Å². The number of nitrogens with two attached hydrogens (primary N) is 1. The third-order valence-electron chi connectivity index (χ3n) is 4.76. The maximum absolute atomic E-state index is 13.3. The van der Waals surface area contributed by atoms with E-state index in [1.165, 1.54) is 0 Å². The summed E-state index contributed by atoms with van der Waals surface area (Å²) in [6, 6.07) is 21.7. The molecule has 6 heteroatoms. The lowest BCUT2D eigenvalue weighted by atomic mass is 9.96. The van der Waals surface area contributed by atoms with Crippen molar-refractivity contribution in [3.8, 4) is 11.1 Å². The molecule has 0 radical (unpaired) electrons. The summed E-state index contributed by atoms with van der Waals surface area (Å²) < 4.78 is 24.2. The highest BCUT2D eigenvalue weighted by atomic mass is 31.2. The van der Waals surface area contributed by atoms with E-state index in [0.29, 0.717) is 16.6 Å². The molecule has 3 aromatic carbocycles. The van der Waals surface area contributed by atoms with Crippen LogP contribution in [0.5, 0.6) is 0 Å². The molecule has 0 spiro atoms. The van der Waals surface area contributed by atoms with Gasteiger partial charge in [0.05, 0.1) is 18.7 Å². The molecule has 1 aromatic heterocycles. The lowest BCUT2D eigenvalue weighted by molar-refractivity contribution is 0.229. The number of rotatable bonds is 6. The summed E-state index contributed by atoms with van der Waals surface area (Å²) in [6.07, 6.45) is 0. The van der Waals surface area contributed by atoms with Crippen molar-refractivity contribution < 1.29 is 13.6 Å². The fraction of sp³-hybridized carbons (Fsp3) is 0.174. The van der Waals surface area contributed by atoms with Crippen molar-refractivity contribution in [2.45, 2.75) is 13.8 Å². The van der Waals surface area contributed by atoms with Gasteiger partial charge >= 0.3 is 7.60 Å². The first kappa shape index (κ1) is 19.6. The van der Waals surface area contributed by atoms with Crippen LogP contribution in [-0.4, -0.2) is 18.2 Å². The first-order chi connectivity index (χ1) is 14.1. The Morgan fingerprint density at radius 2 is 1.59 bits per heavy atom. The number of aromatic nitrogens is 1. The topological polar surface area (TPSA) is 74.4 Å². The Kier molecular flexibility index (Phi) is 5.37. The van der Waals surface area contributed by atoms with Gasteiger partial charge in [-0.15, -0.1) is 0 Å². The van der Waals surface area contributed by atoms with E-state index < -0.39 is 7.60 Å². The summed E-state index contributed by atoms with van der Waals surface area (Å²) >= 11 is 0. The zero-order chi connectivity index (χ0) is 20.4. The molecule has 0 fully saturated rings. The minimum Gasteiger partial charge on any atom is -0.399 e. The van der Waals surface area contributed by atoms with Gasteiger partial charge in [0.25, 0.3) is 0 Å². The van der Waals surface area contributed by atoms with E-state index in [-0.39, 0.29) is 13.2 Å². The van der Waals surface area contributed by atoms with Crippen molar-refractivity contribution >= 4 is 40.4 Å². The number of pyridine rings is 1. The van der Waals surface area contributed by atoms with Crippen LogP contribution in [0.25, 0.3) is 32.8 Å². The van der Waals surface area contributed by atoms with Crippen LogP contribution in [-0.2, 0) is 13.6 Å². The predicted molar refractivity (Wildman–Crippen MR) is 120 cm³/mol. The summed E-state index contributed by atoms with van der Waals surface area (Å²) in [5, 5.41) is 3.11. The van der Waals surface area contributed by atoms with Gasteiger partial charge in [0.2, 0.25) is 0 Å². The van der Waals surface area contributed by atoms with Crippen molar-refractivity contribution in [1.29, 1.82) is 0 Å². The molecule has 0 saturated carbocycles. The lowest BCUT2D eigenvalue weighted by Crippen LogP contribution is -2.14. The molecule has 2 N–H and O–H groups in total. The smallest absolute Gasteiger partial charge is 0.379 e. The molecule has 0 unspecified atom stereocenters. The molecule has 0 bridgehead atoms. The Hall–Kier alpha value is -2.72. The fourth-order valence-corrected chi connectivity index (χ4v) is 5.07. The Morgan fingerprint density at radius 3 is 2.34 bits per heavy atom. The quantitative estimate of drug-likeness (QED) is 0.337. The van der Waals surface area contributed by atoms with E-state index in [9.17, 15) is 4.57 Å². The molecule has 0 atom stereocenters. The maximum Gasteiger partial charge on any atom is 0.379 e. The van der Waals surface area contributed by atoms with E-state index >= 15 is 0 Å². The Bertz CT molecular complexity index is 1220. The number of anilines is 1. The summed E-state index contributed by atoms with van der Waals surface area (Å²) in [6.45, 7) is 4.12. The average Bonchev–Trinajstić information content (AvgIpc) is 2.73. The number of benzene rings is 3. The van der Waals surface area contributed by atoms with Crippen LogP contribution >= 0.6 is 7.60 Å². The van der Waals surface area contributed by atoms with E-state index in [4.69, 9.17) is 19.8 Å². The highest BCUT2D eigenvalue weighted by Gasteiger charge is 2.29. The molecule has 5 nitrogen and oxygen atoms in total. The van der Waals surface area contributed by atoms with Gasteiger partial charge in [-0.25, -0.2) is 4.98 Å². The summed E-state index contributed by atoms with van der Waals surface area (Å²) in [5.41, 5.74) is 9.77. The first-order valence-electron chi connectivity index (χ1n) is 9.64. The minimum atomic E-state index is -3.49. The third kappa shape index (κ3) is 3.65. The maximum atomic E-state index is 13.3. The van der Waals surface area contributed by atoms with Gasteiger partial charge in [0, 0.05) is 16.6 Å². The zero-order valence-electron chi connectivity index (χ0n) is 16.5. The lowest BCUT2D eigenvalue weighted by Gasteiger charge is -2.17. The second-order valence-electron chi connectivity index (χ2n) is 6.67. The summed E-state index contributed by atoms with van der Waals surface area (Å²) in [5.74, 6) is 0. The Labute approximate surface area is 170 Å². The van der Waals surface area contributed by atoms with Gasteiger partial charge in [-0.05, 0) is 48.4 Å². The van der Waals surface area contributed by atoms with Crippen LogP contribution in [0.3, 0.4) is 0 Å². The van der Waals surface area contributed by atoms with Crippen LogP contribution in [0.2, 0.25) is 0 Å². The molecule has 0 aliphatic carbocycles. The van der Waals surface area contributed by atoms with Crippen molar-refractivity contribution in [3.63, 3.8) is 0 Å². The van der Waals surface area contributed by atoms with Crippen molar-refractivity contribution in [2.75, 3.05) is 18.9 Å². The molecule has 4 aromatic rings. The van der Waals surface area contributed by atoms with E-state index in [1.54, 1.807) is 19.9 Å². The SMILES string of the molecule is CCOP(=O)(OCC)c1ccc2cc(N)cc(-c3cccc4ccccc34)c2n1. The van der Waals surface area contributed by atoms with E-state index in [1.807, 2.05) is 36.4 Å². The van der Waals surface area contributed by atoms with Crippen LogP contribution < -0.4 is 11.2 Å². The first-order valence-corrected chi connectivity index (χ1v) is 11.2. The number of fused-ring (bicyclic) bond motifs is 2. The molecule has 29 heavy (non-hydrogen) atoms. The molecule has 4 rings (SSSR count). The molecule has 148 valence electrons. The number of hydrogen-bond donors (Lipinski definition) is 1. The van der Waals surface area contributed by atoms with E-state index in [0.717, 1.165) is 27.3 Å². The molecule has 0 aliphatic rings. The third-order valence-corrected chi connectivity index (χ3v) is 6.77. The minimum absolute atomic E-state index is 0.273. The fourth-order valence-electron chi connectivity index (χ4n) is 3.58. The highest BCUT2D eigenvalue weighted by Crippen LogP contribution is 2.47. The second-order valence-corrected chi connectivity index (χ2v) is 8.64. The van der Waals surface area contributed by atoms with Crippen LogP contribution in [0, 0.1) is 0 Å². The van der Waals surface area contributed by atoms with Gasteiger partial charge in [0.15, 0.2) is 5.44 Å². The summed E-state index contributed by atoms with van der Waals surface area (Å²) in [4.78, 5) is 4.74. The Morgan fingerprint density at radius 1 is 0.862 bits per heavy atom. The van der Waals surface area contributed by atoms with Crippen molar-refractivity contribution in [1.82, 2.24) is 4.98 Å². The molecule has 0 aliphatic heterocycles. The average molecular weight is 406 g/mol. The van der Waals surface area contributed by atoms with Crippen molar-refractivity contribution in [2.24, 2.45) is 0 Å². The van der Waals surface area contributed by atoms with Gasteiger partial charge in [-0.3, -0.25) is 4.57 Å². The molecular formula is C23H23N2O3P. The van der Waals surface area contributed by atoms with Crippen LogP contribution in [0.4, 0.5) is 5.69 Å². The normalized spacial score (nSPS) is 11.9. The number of nitrogens with zero attached hydrogens (tertiary/aromatic N) is 1. The second kappa shape index (κ2) is 7.96. The van der Waals surface area contributed by atoms with Gasteiger partial charge < -0.3 is 14.8 Å². The zero-order valence-corrected chi connectivity index (χ0v) is 17.4. The summed E-state index contributed by atoms with van der Waals surface area (Å²) in [7, 11) is -3.49. The monoisotopic (exact) mass is 406 g/mol. The number of hydrogen-bond acceptors (Lipinski definition) is 5. The molecule has 0 saturated heterocycles. The van der Waals surface area contributed by atoms with Crippen molar-refractivity contribution in [3.05, 3.63) is 66.7 Å². The molecule has 0 amide bonds. The largest absolute Gasteiger partial charge is 0.399 e. The van der Waals surface area contributed by atoms with Gasteiger partial charge in [-0.2, -0.15) is 0 Å². The van der Waals surface area contributed by atoms with Gasteiger partial charge in [-0.1, -0.05) is 48.5 Å². The predicted octanol–water partition coefficient (Wildman–Crippen LogP) is 5.53. The molecular weight excluding hydrogens is 383 g/mol. The standard InChI is InChI=1S/C23H23N2O3P/c1-3-27-29(26,28-4-2)22-13-12-17-14-18(24)15-21(23(17)25-22)20-11-7-9-16-8-5-6-10-19(16)20/h5-15H,3-4,24H2,1-2H3. The highest BCUT2D eigenvalue weighted by molar-refractivity contribution is 7.61. The number of nitrogen functional groups attached to an aromatic ring is 1.